The van der Waals surface area contributed by atoms with Gasteiger partial charge in [-0.1, -0.05) is 0 Å². The van der Waals surface area contributed by atoms with E-state index in [1.54, 1.807) is 18.7 Å². The van der Waals surface area contributed by atoms with E-state index in [9.17, 15) is 13.2 Å². The standard InChI is InChI=1S/C10H21NO5S2/c1-2-16-10(13)4-9-18(14,15)11-5-8-17-7-3-6-12/h11-12H,2-9H2,1H3. The number of esters is 1. The zero-order chi connectivity index (χ0) is 13.9. The summed E-state index contributed by atoms with van der Waals surface area (Å²) in [6, 6.07) is 0. The number of aliphatic hydroxyl groups excluding tert-OH is 1. The molecule has 0 spiro atoms. The van der Waals surface area contributed by atoms with E-state index in [1.807, 2.05) is 0 Å². The predicted molar refractivity (Wildman–Crippen MR) is 72.1 cm³/mol. The Kier molecular flexibility index (Phi) is 10.4. The quantitative estimate of drug-likeness (QED) is 0.411. The van der Waals surface area contributed by atoms with Gasteiger partial charge in [0.2, 0.25) is 10.0 Å². The van der Waals surface area contributed by atoms with E-state index in [1.165, 1.54) is 0 Å². The Morgan fingerprint density at radius 2 is 2.11 bits per heavy atom. The van der Waals surface area contributed by atoms with Crippen LogP contribution in [0, 0.1) is 0 Å². The molecule has 0 rings (SSSR count). The number of carbonyl (C=O) groups excluding carboxylic acids is 1. The summed E-state index contributed by atoms with van der Waals surface area (Å²) < 4.78 is 30.0. The molecule has 0 heterocycles. The lowest BCUT2D eigenvalue weighted by Crippen LogP contribution is -2.29. The molecule has 0 aromatic rings. The van der Waals surface area contributed by atoms with Crippen molar-refractivity contribution < 1.29 is 23.1 Å². The number of sulfonamides is 1. The number of ether oxygens (including phenoxy) is 1. The van der Waals surface area contributed by atoms with Crippen molar-refractivity contribution in [3.63, 3.8) is 0 Å². The fourth-order valence-corrected chi connectivity index (χ4v) is 2.97. The fourth-order valence-electron chi connectivity index (χ4n) is 1.06. The zero-order valence-corrected chi connectivity index (χ0v) is 12.2. The third kappa shape index (κ3) is 10.8. The maximum atomic E-state index is 11.5. The zero-order valence-electron chi connectivity index (χ0n) is 10.6. The average Bonchev–Trinajstić information content (AvgIpc) is 2.32. The molecule has 0 fully saturated rings. The summed E-state index contributed by atoms with van der Waals surface area (Å²) in [6.07, 6.45) is 0.584. The van der Waals surface area contributed by atoms with Crippen LogP contribution in [0.2, 0.25) is 0 Å². The Balaban J connectivity index is 3.64. The molecule has 0 aliphatic carbocycles. The molecule has 0 bridgehead atoms. The highest BCUT2D eigenvalue weighted by atomic mass is 32.2. The highest BCUT2D eigenvalue weighted by Crippen LogP contribution is 2.01. The number of carbonyl (C=O) groups is 1. The first-order valence-corrected chi connectivity index (χ1v) is 8.64. The van der Waals surface area contributed by atoms with Gasteiger partial charge in [-0.05, 0) is 19.1 Å². The van der Waals surface area contributed by atoms with Gasteiger partial charge in [0.1, 0.15) is 0 Å². The third-order valence-electron chi connectivity index (χ3n) is 1.90. The summed E-state index contributed by atoms with van der Waals surface area (Å²) in [5.41, 5.74) is 0. The van der Waals surface area contributed by atoms with Crippen molar-refractivity contribution in [3.8, 4) is 0 Å². The van der Waals surface area contributed by atoms with Gasteiger partial charge >= 0.3 is 5.97 Å². The number of rotatable bonds is 11. The van der Waals surface area contributed by atoms with Crippen LogP contribution in [0.1, 0.15) is 19.8 Å². The molecule has 0 saturated carbocycles. The average molecular weight is 299 g/mol. The van der Waals surface area contributed by atoms with Gasteiger partial charge in [0.25, 0.3) is 0 Å². The Morgan fingerprint density at radius 3 is 2.72 bits per heavy atom. The van der Waals surface area contributed by atoms with Crippen LogP contribution >= 0.6 is 11.8 Å². The topological polar surface area (TPSA) is 92.7 Å². The third-order valence-corrected chi connectivity index (χ3v) is 4.35. The van der Waals surface area contributed by atoms with Gasteiger partial charge in [0, 0.05) is 18.9 Å². The lowest BCUT2D eigenvalue weighted by atomic mass is 10.5. The van der Waals surface area contributed by atoms with Gasteiger partial charge in [-0.2, -0.15) is 11.8 Å². The monoisotopic (exact) mass is 299 g/mol. The van der Waals surface area contributed by atoms with E-state index in [0.29, 0.717) is 18.7 Å². The van der Waals surface area contributed by atoms with Gasteiger partial charge in [-0.15, -0.1) is 0 Å². The maximum absolute atomic E-state index is 11.5. The minimum absolute atomic E-state index is 0.124. The van der Waals surface area contributed by atoms with Gasteiger partial charge in [0.05, 0.1) is 18.8 Å². The summed E-state index contributed by atoms with van der Waals surface area (Å²) in [5.74, 6) is 0.715. The lowest BCUT2D eigenvalue weighted by Gasteiger charge is -2.06. The highest BCUT2D eigenvalue weighted by molar-refractivity contribution is 7.99. The normalized spacial score (nSPS) is 11.4. The number of hydrogen-bond acceptors (Lipinski definition) is 6. The minimum Gasteiger partial charge on any atom is -0.466 e. The number of thioether (sulfide) groups is 1. The van der Waals surface area contributed by atoms with Crippen LogP contribution in [0.5, 0.6) is 0 Å². The molecule has 0 atom stereocenters. The predicted octanol–water partition coefficient (Wildman–Crippen LogP) is -0.0254. The molecule has 6 nitrogen and oxygen atoms in total. The molecule has 2 N–H and O–H groups in total. The Labute approximate surface area is 113 Å². The maximum Gasteiger partial charge on any atom is 0.306 e. The smallest absolute Gasteiger partial charge is 0.306 e. The first-order valence-electron chi connectivity index (χ1n) is 5.83. The summed E-state index contributed by atoms with van der Waals surface area (Å²) in [6.45, 7) is 2.42. The van der Waals surface area contributed by atoms with E-state index in [-0.39, 0.29) is 25.4 Å². The summed E-state index contributed by atoms with van der Waals surface area (Å²) in [7, 11) is -3.40. The van der Waals surface area contributed by atoms with Gasteiger partial charge < -0.3 is 9.84 Å². The molecule has 0 radical (unpaired) electrons. The Morgan fingerprint density at radius 1 is 1.39 bits per heavy atom. The second kappa shape index (κ2) is 10.6. The molecule has 0 aliphatic rings. The second-order valence-electron chi connectivity index (χ2n) is 3.46. The molecular weight excluding hydrogens is 278 g/mol. The lowest BCUT2D eigenvalue weighted by molar-refractivity contribution is -0.142. The summed E-state index contributed by atoms with van der Waals surface area (Å²) >= 11 is 1.57. The molecule has 0 amide bonds. The van der Waals surface area contributed by atoms with E-state index in [4.69, 9.17) is 5.11 Å². The molecule has 0 aromatic heterocycles. The molecule has 108 valence electrons. The van der Waals surface area contributed by atoms with Crippen LogP contribution in [0.4, 0.5) is 0 Å². The fraction of sp³-hybridized carbons (Fsp3) is 0.900. The summed E-state index contributed by atoms with van der Waals surface area (Å²) in [5, 5.41) is 8.55. The summed E-state index contributed by atoms with van der Waals surface area (Å²) in [4.78, 5) is 11.0. The Hall–Kier alpha value is -0.310. The largest absolute Gasteiger partial charge is 0.466 e. The van der Waals surface area contributed by atoms with Gasteiger partial charge in [-0.3, -0.25) is 4.79 Å². The van der Waals surface area contributed by atoms with Crippen molar-refractivity contribution in [3.05, 3.63) is 0 Å². The molecular formula is C10H21NO5S2. The molecule has 8 heteroatoms. The molecule has 0 unspecified atom stereocenters. The molecule has 18 heavy (non-hydrogen) atoms. The minimum atomic E-state index is -3.40. The SMILES string of the molecule is CCOC(=O)CCS(=O)(=O)NCCSCCCO. The van der Waals surface area contributed by atoms with Crippen LogP contribution in [-0.4, -0.2) is 56.5 Å². The van der Waals surface area contributed by atoms with Crippen molar-refractivity contribution in [2.24, 2.45) is 0 Å². The molecule has 0 aromatic carbocycles. The van der Waals surface area contributed by atoms with E-state index in [0.717, 1.165) is 5.75 Å². The molecule has 0 aliphatic heterocycles. The van der Waals surface area contributed by atoms with Crippen LogP contribution in [-0.2, 0) is 19.6 Å². The van der Waals surface area contributed by atoms with Gasteiger partial charge in [0.15, 0.2) is 0 Å². The van der Waals surface area contributed by atoms with Crippen molar-refractivity contribution in [1.29, 1.82) is 0 Å². The van der Waals surface area contributed by atoms with Crippen molar-refractivity contribution in [2.75, 3.05) is 37.0 Å². The number of aliphatic hydroxyl groups is 1. The van der Waals surface area contributed by atoms with Crippen LogP contribution in [0.15, 0.2) is 0 Å². The van der Waals surface area contributed by atoms with Crippen molar-refractivity contribution in [2.45, 2.75) is 19.8 Å². The molecule has 0 saturated heterocycles. The van der Waals surface area contributed by atoms with Crippen molar-refractivity contribution in [1.82, 2.24) is 4.72 Å². The Bertz CT molecular complexity index is 318. The highest BCUT2D eigenvalue weighted by Gasteiger charge is 2.12. The van der Waals surface area contributed by atoms with Crippen molar-refractivity contribution >= 4 is 27.8 Å². The number of hydrogen-bond donors (Lipinski definition) is 2. The van der Waals surface area contributed by atoms with E-state index < -0.39 is 16.0 Å². The van der Waals surface area contributed by atoms with Crippen LogP contribution < -0.4 is 4.72 Å². The van der Waals surface area contributed by atoms with E-state index in [2.05, 4.69) is 9.46 Å². The van der Waals surface area contributed by atoms with Gasteiger partial charge in [-0.25, -0.2) is 13.1 Å². The van der Waals surface area contributed by atoms with Crippen LogP contribution in [0.3, 0.4) is 0 Å². The van der Waals surface area contributed by atoms with E-state index >= 15 is 0 Å². The second-order valence-corrected chi connectivity index (χ2v) is 6.61. The number of nitrogens with one attached hydrogen (secondary N) is 1. The van der Waals surface area contributed by atoms with Crippen LogP contribution in [0.25, 0.3) is 0 Å². The first-order chi connectivity index (χ1) is 8.52. The first kappa shape index (κ1) is 17.7.